The molecule has 6 heteroatoms. The molecule has 0 aliphatic heterocycles. The van der Waals surface area contributed by atoms with Gasteiger partial charge in [-0.2, -0.15) is 0 Å². The van der Waals surface area contributed by atoms with Gasteiger partial charge in [0.05, 0.1) is 7.11 Å². The van der Waals surface area contributed by atoms with Gasteiger partial charge in [-0.05, 0) is 66.2 Å². The Hall–Kier alpha value is -3.08. The average molecular weight is 427 g/mol. The number of esters is 1. The Labute approximate surface area is 178 Å². The van der Waals surface area contributed by atoms with E-state index >= 15 is 0 Å². The molecule has 0 bridgehead atoms. The van der Waals surface area contributed by atoms with E-state index in [0.29, 0.717) is 38.2 Å². The van der Waals surface area contributed by atoms with Crippen LogP contribution in [0.2, 0.25) is 10.0 Å². The summed E-state index contributed by atoms with van der Waals surface area (Å²) in [5, 5.41) is 0.983. The molecule has 0 aromatic heterocycles. The Morgan fingerprint density at radius 3 is 2.34 bits per heavy atom. The minimum absolute atomic E-state index is 0.210. The molecule has 0 saturated carbocycles. The van der Waals surface area contributed by atoms with Crippen molar-refractivity contribution in [3.63, 3.8) is 0 Å². The summed E-state index contributed by atoms with van der Waals surface area (Å²) in [5.41, 5.74) is 1.45. The molecule has 3 aromatic carbocycles. The zero-order valence-electron chi connectivity index (χ0n) is 15.4. The molecule has 0 heterocycles. The summed E-state index contributed by atoms with van der Waals surface area (Å²) in [6, 6.07) is 18.1. The number of hydrogen-bond donors (Lipinski definition) is 0. The maximum Gasteiger partial charge on any atom is 0.347 e. The molecular formula is C23H16Cl2O4. The molecule has 0 aliphatic carbocycles. The highest BCUT2D eigenvalue weighted by atomic mass is 35.5. The molecule has 0 N–H and O–H groups in total. The first-order valence-corrected chi connectivity index (χ1v) is 9.36. The lowest BCUT2D eigenvalue weighted by Gasteiger charge is -2.08. The van der Waals surface area contributed by atoms with Gasteiger partial charge in [-0.25, -0.2) is 4.79 Å². The van der Waals surface area contributed by atoms with Crippen molar-refractivity contribution in [2.24, 2.45) is 0 Å². The molecular weight excluding hydrogens is 411 g/mol. The second kappa shape index (κ2) is 9.41. The largest absolute Gasteiger partial charge is 0.496 e. The first kappa shape index (κ1) is 20.6. The Kier molecular flexibility index (Phi) is 6.70. The van der Waals surface area contributed by atoms with E-state index < -0.39 is 5.97 Å². The molecule has 0 atom stereocenters. The third-order valence-corrected chi connectivity index (χ3v) is 4.62. The molecule has 0 amide bonds. The summed E-state index contributed by atoms with van der Waals surface area (Å²) >= 11 is 12.0. The molecule has 4 nitrogen and oxygen atoms in total. The number of para-hydroxylation sites is 1. The molecule has 146 valence electrons. The van der Waals surface area contributed by atoms with Crippen LogP contribution in [0, 0.1) is 0 Å². The fraction of sp³-hybridized carbons (Fsp3) is 0.0435. The molecule has 0 unspecified atom stereocenters. The molecule has 0 spiro atoms. The van der Waals surface area contributed by atoms with E-state index in [1.54, 1.807) is 72.8 Å². The third kappa shape index (κ3) is 5.25. The zero-order chi connectivity index (χ0) is 20.8. The summed E-state index contributed by atoms with van der Waals surface area (Å²) in [7, 11) is 1.48. The topological polar surface area (TPSA) is 52.6 Å². The van der Waals surface area contributed by atoms with Crippen molar-refractivity contribution in [3.05, 3.63) is 99.5 Å². The Morgan fingerprint density at radius 1 is 0.931 bits per heavy atom. The molecule has 0 fully saturated rings. The lowest BCUT2D eigenvalue weighted by molar-refractivity contribution is 0.0731. The standard InChI is InChI=1S/C23H16Cl2O4/c1-28-22-5-3-2-4-19(22)23(27)29-18-11-7-16(8-12-18)21(26)13-9-15-6-10-17(24)14-20(15)25/h2-14H,1H3/b13-9+. The van der Waals surface area contributed by atoms with Crippen LogP contribution in [0.5, 0.6) is 11.5 Å². The van der Waals surface area contributed by atoms with Crippen LogP contribution in [0.25, 0.3) is 6.08 Å². The van der Waals surface area contributed by atoms with Gasteiger partial charge in [0.15, 0.2) is 5.78 Å². The SMILES string of the molecule is COc1ccccc1C(=O)Oc1ccc(C(=O)/C=C/c2ccc(Cl)cc2Cl)cc1. The third-order valence-electron chi connectivity index (χ3n) is 4.05. The summed E-state index contributed by atoms with van der Waals surface area (Å²) in [6.07, 6.45) is 3.04. The zero-order valence-corrected chi connectivity index (χ0v) is 16.9. The molecule has 0 saturated heterocycles. The van der Waals surface area contributed by atoms with Gasteiger partial charge in [0.25, 0.3) is 0 Å². The maximum atomic E-state index is 12.4. The van der Waals surface area contributed by atoms with Crippen LogP contribution in [0.3, 0.4) is 0 Å². The van der Waals surface area contributed by atoms with E-state index in [2.05, 4.69) is 0 Å². The molecule has 0 aliphatic rings. The predicted octanol–water partition coefficient (Wildman–Crippen LogP) is 6.12. The van der Waals surface area contributed by atoms with E-state index in [4.69, 9.17) is 32.7 Å². The lowest BCUT2D eigenvalue weighted by atomic mass is 10.1. The average Bonchev–Trinajstić information content (AvgIpc) is 2.73. The number of rotatable bonds is 6. The number of methoxy groups -OCH3 is 1. The van der Waals surface area contributed by atoms with Crippen LogP contribution in [0.15, 0.2) is 72.8 Å². The molecule has 29 heavy (non-hydrogen) atoms. The minimum Gasteiger partial charge on any atom is -0.496 e. The number of ketones is 1. The van der Waals surface area contributed by atoms with Gasteiger partial charge in [-0.3, -0.25) is 4.79 Å². The second-order valence-corrected chi connectivity index (χ2v) is 6.82. The maximum absolute atomic E-state index is 12.4. The van der Waals surface area contributed by atoms with Crippen molar-refractivity contribution in [2.45, 2.75) is 0 Å². The van der Waals surface area contributed by atoms with Crippen molar-refractivity contribution in [2.75, 3.05) is 7.11 Å². The fourth-order valence-electron chi connectivity index (χ4n) is 2.56. The van der Waals surface area contributed by atoms with Crippen LogP contribution in [0.4, 0.5) is 0 Å². The lowest BCUT2D eigenvalue weighted by Crippen LogP contribution is -2.10. The molecule has 3 rings (SSSR count). The van der Waals surface area contributed by atoms with Gasteiger partial charge < -0.3 is 9.47 Å². The van der Waals surface area contributed by atoms with Crippen LogP contribution in [-0.2, 0) is 0 Å². The summed E-state index contributed by atoms with van der Waals surface area (Å²) in [4.78, 5) is 24.7. The summed E-state index contributed by atoms with van der Waals surface area (Å²) in [6.45, 7) is 0. The van der Waals surface area contributed by atoms with Gasteiger partial charge in [0.1, 0.15) is 17.1 Å². The van der Waals surface area contributed by atoms with Crippen LogP contribution in [-0.4, -0.2) is 18.9 Å². The summed E-state index contributed by atoms with van der Waals surface area (Å²) in [5.74, 6) is -0.00472. The smallest absolute Gasteiger partial charge is 0.347 e. The highest BCUT2D eigenvalue weighted by Crippen LogP contribution is 2.23. The van der Waals surface area contributed by atoms with Crippen molar-refractivity contribution < 1.29 is 19.1 Å². The van der Waals surface area contributed by atoms with Crippen LogP contribution < -0.4 is 9.47 Å². The van der Waals surface area contributed by atoms with Gasteiger partial charge in [-0.15, -0.1) is 0 Å². The molecule has 0 radical (unpaired) electrons. The normalized spacial score (nSPS) is 10.7. The minimum atomic E-state index is -0.543. The van der Waals surface area contributed by atoms with Gasteiger partial charge in [0.2, 0.25) is 0 Å². The molecule has 3 aromatic rings. The number of allylic oxidation sites excluding steroid dienone is 1. The van der Waals surface area contributed by atoms with Crippen molar-refractivity contribution in [1.29, 1.82) is 0 Å². The number of carbonyl (C=O) groups excluding carboxylic acids is 2. The van der Waals surface area contributed by atoms with E-state index in [1.165, 1.54) is 13.2 Å². The Balaban J connectivity index is 1.68. The number of halogens is 2. The second-order valence-electron chi connectivity index (χ2n) is 5.98. The summed E-state index contributed by atoms with van der Waals surface area (Å²) < 4.78 is 10.5. The fourth-order valence-corrected chi connectivity index (χ4v) is 3.03. The number of ether oxygens (including phenoxy) is 2. The van der Waals surface area contributed by atoms with E-state index in [0.717, 1.165) is 0 Å². The van der Waals surface area contributed by atoms with Crippen LogP contribution >= 0.6 is 23.2 Å². The van der Waals surface area contributed by atoms with Gasteiger partial charge in [-0.1, -0.05) is 41.4 Å². The first-order chi connectivity index (χ1) is 14.0. The Bertz CT molecular complexity index is 1070. The van der Waals surface area contributed by atoms with Crippen molar-refractivity contribution >= 4 is 41.0 Å². The monoisotopic (exact) mass is 426 g/mol. The highest BCUT2D eigenvalue weighted by molar-refractivity contribution is 6.35. The first-order valence-electron chi connectivity index (χ1n) is 8.60. The Morgan fingerprint density at radius 2 is 1.66 bits per heavy atom. The van der Waals surface area contributed by atoms with E-state index in [9.17, 15) is 9.59 Å². The number of hydrogen-bond acceptors (Lipinski definition) is 4. The highest BCUT2D eigenvalue weighted by Gasteiger charge is 2.14. The number of benzene rings is 3. The van der Waals surface area contributed by atoms with Gasteiger partial charge in [0, 0.05) is 15.6 Å². The predicted molar refractivity (Wildman–Crippen MR) is 114 cm³/mol. The number of carbonyl (C=O) groups is 2. The van der Waals surface area contributed by atoms with Gasteiger partial charge >= 0.3 is 5.97 Å². The quantitative estimate of drug-likeness (QED) is 0.206. The van der Waals surface area contributed by atoms with Crippen LogP contribution in [0.1, 0.15) is 26.3 Å². The van der Waals surface area contributed by atoms with Crippen molar-refractivity contribution in [3.8, 4) is 11.5 Å². The van der Waals surface area contributed by atoms with E-state index in [-0.39, 0.29) is 5.78 Å². The van der Waals surface area contributed by atoms with E-state index in [1.807, 2.05) is 0 Å². The van der Waals surface area contributed by atoms with Crippen molar-refractivity contribution in [1.82, 2.24) is 0 Å².